The highest BCUT2D eigenvalue weighted by Gasteiger charge is 2.60. The summed E-state index contributed by atoms with van der Waals surface area (Å²) in [6.07, 6.45) is 80.5. The Morgan fingerprint density at radius 1 is 0.213 bits per heavy atom. The number of nitrogens with two attached hydrogens (primary N) is 1. The van der Waals surface area contributed by atoms with E-state index in [4.69, 9.17) is 21.7 Å². The molecule has 21 atom stereocenters. The molecule has 9 rings (SSSR count). The van der Waals surface area contributed by atoms with Crippen LogP contribution in [-0.4, -0.2) is 55.4 Å². The Labute approximate surface area is 552 Å². The van der Waals surface area contributed by atoms with Crippen molar-refractivity contribution < 1.29 is 0 Å². The maximum Gasteiger partial charge on any atom is 0.0643 e. The lowest BCUT2D eigenvalue weighted by molar-refractivity contribution is -0.0436. The molecule has 0 aromatic rings. The first-order valence-electron chi connectivity index (χ1n) is 41.9. The summed E-state index contributed by atoms with van der Waals surface area (Å²) in [4.78, 5) is 0. The molecule has 0 radical (unpaired) electrons. The fraction of sp³-hybridized carbons (Fsp3) is 1.00. The van der Waals surface area contributed by atoms with Gasteiger partial charge >= 0.3 is 0 Å². The van der Waals surface area contributed by atoms with E-state index >= 15 is 0 Å². The molecule has 0 amide bonds. The Hall–Kier alpha value is -0.360. The molecule has 0 aromatic heterocycles. The van der Waals surface area contributed by atoms with Crippen molar-refractivity contribution in [3.05, 3.63) is 0 Å². The first kappa shape index (κ1) is 72.9. The van der Waals surface area contributed by atoms with Gasteiger partial charge < -0.3 is 5.73 Å². The van der Waals surface area contributed by atoms with Gasteiger partial charge in [0, 0.05) is 12.0 Å². The Balaban J connectivity index is 1.04. The van der Waals surface area contributed by atoms with Crippen molar-refractivity contribution in [1.82, 2.24) is 42.5 Å². The van der Waals surface area contributed by atoms with E-state index in [-0.39, 0.29) is 24.5 Å². The second-order valence-corrected chi connectivity index (χ2v) is 32.9. The Morgan fingerprint density at radius 2 is 0.427 bits per heavy atom. The van der Waals surface area contributed by atoms with Crippen LogP contribution in [0.1, 0.15) is 381 Å². The Bertz CT molecular complexity index is 1800. The molecule has 21 unspecified atom stereocenters. The largest absolute Gasteiger partial charge is 0.327 e. The molecule has 5 saturated heterocycles. The monoisotopic (exact) mass is 1240 g/mol. The highest BCUT2D eigenvalue weighted by molar-refractivity contribution is 5.13. The predicted molar refractivity (Wildman–Crippen MR) is 382 cm³/mol. The summed E-state index contributed by atoms with van der Waals surface area (Å²) in [7, 11) is 0. The Kier molecular flexibility index (Phi) is 34.1. The lowest BCUT2D eigenvalue weighted by atomic mass is 9.53. The van der Waals surface area contributed by atoms with E-state index in [0.29, 0.717) is 78.2 Å². The van der Waals surface area contributed by atoms with Crippen LogP contribution in [0.3, 0.4) is 0 Å². The average molecular weight is 1240 g/mol. The van der Waals surface area contributed by atoms with E-state index in [1.807, 2.05) is 0 Å². The molecule has 9 heteroatoms. The second-order valence-electron chi connectivity index (χ2n) is 32.9. The SMILES string of the molecule is CCCCCCCCCCCCC1C(CCCCCCCCCCCC)C(CCCCCCCCCCCC)C2C3NC4NC(NC5NC(NC6NC(NC(N3)C2C1CCCCCCCCCCCC)C1CCCCC61)C1CCCCC51)C1CCCC(N)C41. The van der Waals surface area contributed by atoms with Gasteiger partial charge in [0.1, 0.15) is 0 Å². The Morgan fingerprint density at radius 3 is 0.719 bits per heavy atom. The van der Waals surface area contributed by atoms with Crippen molar-refractivity contribution in [2.45, 2.75) is 436 Å². The van der Waals surface area contributed by atoms with Crippen LogP contribution in [0.15, 0.2) is 0 Å². The minimum absolute atomic E-state index is 0.218. The minimum Gasteiger partial charge on any atom is -0.327 e. The summed E-state index contributed by atoms with van der Waals surface area (Å²) in [5.41, 5.74) is 7.54. The highest BCUT2D eigenvalue weighted by Crippen LogP contribution is 2.57. The lowest BCUT2D eigenvalue weighted by Gasteiger charge is -2.53. The van der Waals surface area contributed by atoms with Crippen LogP contribution in [-0.2, 0) is 0 Å². The molecule has 4 aliphatic carbocycles. The molecule has 0 aromatic carbocycles. The highest BCUT2D eigenvalue weighted by atomic mass is 15.4. The van der Waals surface area contributed by atoms with Gasteiger partial charge in [-0.2, -0.15) is 0 Å². The minimum atomic E-state index is 0.218. The van der Waals surface area contributed by atoms with Crippen LogP contribution in [0.2, 0.25) is 0 Å². The molecule has 518 valence electrons. The zero-order chi connectivity index (χ0) is 61.7. The fourth-order valence-electron chi connectivity index (χ4n) is 21.9. The first-order valence-corrected chi connectivity index (χ1v) is 41.9. The van der Waals surface area contributed by atoms with Crippen molar-refractivity contribution in [2.24, 2.45) is 76.7 Å². The van der Waals surface area contributed by atoms with Gasteiger partial charge in [0.2, 0.25) is 0 Å². The van der Waals surface area contributed by atoms with E-state index in [1.54, 1.807) is 0 Å². The van der Waals surface area contributed by atoms with E-state index in [2.05, 4.69) is 54.3 Å². The van der Waals surface area contributed by atoms with Gasteiger partial charge in [0.15, 0.2) is 0 Å². The maximum absolute atomic E-state index is 7.54. The maximum atomic E-state index is 7.54. The van der Waals surface area contributed by atoms with E-state index < -0.39 is 0 Å². The number of hydrogen-bond donors (Lipinski definition) is 9. The third kappa shape index (κ3) is 21.8. The van der Waals surface area contributed by atoms with E-state index in [0.717, 1.165) is 23.7 Å². The molecule has 0 spiro atoms. The van der Waals surface area contributed by atoms with Crippen LogP contribution in [0.4, 0.5) is 0 Å². The normalized spacial score (nSPS) is 36.7. The topological polar surface area (TPSA) is 122 Å². The van der Waals surface area contributed by atoms with Gasteiger partial charge in [-0.05, 0) is 129 Å². The summed E-state index contributed by atoms with van der Waals surface area (Å²) < 4.78 is 0. The van der Waals surface area contributed by atoms with Crippen LogP contribution < -0.4 is 48.3 Å². The number of nitrogens with one attached hydrogen (secondary N) is 8. The molecular weight excluding hydrogens is 1090 g/mol. The van der Waals surface area contributed by atoms with Crippen molar-refractivity contribution in [1.29, 1.82) is 0 Å². The molecule has 89 heavy (non-hydrogen) atoms. The van der Waals surface area contributed by atoms with Gasteiger partial charge in [-0.1, -0.05) is 317 Å². The van der Waals surface area contributed by atoms with E-state index in [9.17, 15) is 0 Å². The summed E-state index contributed by atoms with van der Waals surface area (Å²) in [5, 5.41) is 36.6. The number of fused-ring (bicyclic) bond motifs is 20. The summed E-state index contributed by atoms with van der Waals surface area (Å²) in [6.45, 7) is 9.46. The quantitative estimate of drug-likeness (QED) is 0.0275. The van der Waals surface area contributed by atoms with Crippen molar-refractivity contribution in [3.63, 3.8) is 0 Å². The summed E-state index contributed by atoms with van der Waals surface area (Å²) in [6, 6.07) is 0.239. The van der Waals surface area contributed by atoms with Gasteiger partial charge in [-0.25, -0.2) is 0 Å². The average Bonchev–Trinajstić information content (AvgIpc) is 1.72. The predicted octanol–water partition coefficient (Wildman–Crippen LogP) is 19.7. The van der Waals surface area contributed by atoms with Gasteiger partial charge in [-0.3, -0.25) is 42.5 Å². The fourth-order valence-corrected chi connectivity index (χ4v) is 21.9. The third-order valence-electron chi connectivity index (χ3n) is 26.6. The van der Waals surface area contributed by atoms with Gasteiger partial charge in [-0.15, -0.1) is 0 Å². The molecule has 4 saturated carbocycles. The van der Waals surface area contributed by atoms with Crippen LogP contribution >= 0.6 is 0 Å². The second kappa shape index (κ2) is 41.7. The number of hydrogen-bond acceptors (Lipinski definition) is 9. The van der Waals surface area contributed by atoms with Crippen molar-refractivity contribution in [2.75, 3.05) is 0 Å². The number of rotatable bonds is 44. The zero-order valence-electron chi connectivity index (χ0n) is 59.6. The molecule has 10 N–H and O–H groups in total. The lowest BCUT2D eigenvalue weighted by Crippen LogP contribution is -2.62. The third-order valence-corrected chi connectivity index (χ3v) is 26.6. The molecule has 9 aliphatic rings. The van der Waals surface area contributed by atoms with Gasteiger partial charge in [0.25, 0.3) is 0 Å². The molecule has 9 nitrogen and oxygen atoms in total. The summed E-state index contributed by atoms with van der Waals surface area (Å²) >= 11 is 0. The van der Waals surface area contributed by atoms with Crippen LogP contribution in [0.5, 0.6) is 0 Å². The van der Waals surface area contributed by atoms with Gasteiger partial charge in [0.05, 0.1) is 49.3 Å². The molecule has 5 aliphatic heterocycles. The zero-order valence-corrected chi connectivity index (χ0v) is 59.6. The van der Waals surface area contributed by atoms with Crippen LogP contribution in [0, 0.1) is 71.0 Å². The smallest absolute Gasteiger partial charge is 0.0643 e. The number of unbranched alkanes of at least 4 members (excludes halogenated alkanes) is 36. The molecule has 9 fully saturated rings. The molecular formula is C80H153N9. The van der Waals surface area contributed by atoms with Crippen LogP contribution in [0.25, 0.3) is 0 Å². The molecule has 8 bridgehead atoms. The molecule has 5 heterocycles. The first-order chi connectivity index (χ1) is 44.0. The standard InChI is InChI=1S/C80H153N9/c1-5-9-13-17-21-25-29-33-37-41-50-60-61(51-42-38-34-30-26-22-18-14-10-6-2)63(53-44-40-36-32-28-24-20-16-12-8-4)72-71(62(60)52-43-39-35-31-27-23-19-15-11-7-3)79-86-76-67-57-48-47-56-66(67)74(84-76)82-73-64-54-45-46-55-65(64)75(83-73)85-77-68-58-49-59-69(81)70(68)78(87-77)88-80(72)89-79/h60-80,82-89H,5-59,81H2,1-4H3. The van der Waals surface area contributed by atoms with E-state index in [1.165, 1.54) is 353 Å². The van der Waals surface area contributed by atoms with Crippen molar-refractivity contribution >= 4 is 0 Å². The summed E-state index contributed by atoms with van der Waals surface area (Å²) in [5.74, 6) is 8.18. The van der Waals surface area contributed by atoms with Crippen molar-refractivity contribution in [3.8, 4) is 0 Å².